The molecule has 2 atom stereocenters. The zero-order valence-corrected chi connectivity index (χ0v) is 9.60. The Bertz CT molecular complexity index is 551. The Morgan fingerprint density at radius 2 is 2.06 bits per heavy atom. The third-order valence-corrected chi connectivity index (χ3v) is 3.41. The molecule has 17 heavy (non-hydrogen) atoms. The van der Waals surface area contributed by atoms with Gasteiger partial charge in [-0.25, -0.2) is 0 Å². The van der Waals surface area contributed by atoms with Crippen LogP contribution in [0.4, 0.5) is 0 Å². The largest absolute Gasteiger partial charge is 0.352 e. The smallest absolute Gasteiger partial charge is 0.143 e. The number of hydrogen-bond donors (Lipinski definition) is 0. The highest BCUT2D eigenvalue weighted by atomic mass is 16.6. The lowest BCUT2D eigenvalue weighted by Crippen LogP contribution is -2.12. The number of fused-ring (bicyclic) bond motifs is 1. The summed E-state index contributed by atoms with van der Waals surface area (Å²) in [7, 11) is 0. The van der Waals surface area contributed by atoms with Crippen molar-refractivity contribution >= 4 is 12.2 Å². The van der Waals surface area contributed by atoms with E-state index in [1.807, 2.05) is 36.4 Å². The Labute approximate surface area is 101 Å². The lowest BCUT2D eigenvalue weighted by Gasteiger charge is -2.15. The van der Waals surface area contributed by atoms with Crippen LogP contribution in [0.3, 0.4) is 0 Å². The maximum Gasteiger partial charge on any atom is 0.143 e. The third kappa shape index (κ3) is 1.36. The fraction of sp³-hybridized carbons (Fsp3) is 0.125. The molecule has 2 unspecified atom stereocenters. The van der Waals surface area contributed by atoms with Crippen LogP contribution in [0, 0.1) is 0 Å². The summed E-state index contributed by atoms with van der Waals surface area (Å²) in [6, 6.07) is 6.19. The zero-order chi connectivity index (χ0) is 11.9. The van der Waals surface area contributed by atoms with Gasteiger partial charge in [0.2, 0.25) is 0 Å². The van der Waals surface area contributed by atoms with Gasteiger partial charge in [0.05, 0.1) is 0 Å². The van der Waals surface area contributed by atoms with E-state index in [2.05, 4.69) is 31.4 Å². The van der Waals surface area contributed by atoms with Crippen molar-refractivity contribution < 1.29 is 4.74 Å². The highest BCUT2D eigenvalue weighted by Crippen LogP contribution is 2.51. The number of epoxide rings is 1. The quantitative estimate of drug-likeness (QED) is 0.710. The minimum Gasteiger partial charge on any atom is -0.352 e. The molecule has 0 N–H and O–H groups in total. The fourth-order valence-electron chi connectivity index (χ4n) is 2.49. The second-order valence-electron chi connectivity index (χ2n) is 4.29. The predicted octanol–water partition coefficient (Wildman–Crippen LogP) is 3.69. The van der Waals surface area contributed by atoms with Gasteiger partial charge in [0, 0.05) is 0 Å². The van der Waals surface area contributed by atoms with Gasteiger partial charge in [-0.3, -0.25) is 0 Å². The molecule has 1 aliphatic carbocycles. The average molecular weight is 222 g/mol. The van der Waals surface area contributed by atoms with Crippen LogP contribution in [0.2, 0.25) is 0 Å². The van der Waals surface area contributed by atoms with Crippen molar-refractivity contribution in [1.82, 2.24) is 0 Å². The Kier molecular flexibility index (Phi) is 2.17. The Morgan fingerprint density at radius 3 is 2.76 bits per heavy atom. The van der Waals surface area contributed by atoms with E-state index in [4.69, 9.17) is 4.74 Å². The summed E-state index contributed by atoms with van der Waals surface area (Å²) in [5.74, 6) is 0. The molecule has 1 aliphatic heterocycles. The maximum atomic E-state index is 5.84. The van der Waals surface area contributed by atoms with E-state index in [1.165, 1.54) is 5.56 Å². The predicted molar refractivity (Wildman–Crippen MR) is 71.5 cm³/mol. The summed E-state index contributed by atoms with van der Waals surface area (Å²) < 4.78 is 5.84. The molecular formula is C16H14O. The van der Waals surface area contributed by atoms with Crippen molar-refractivity contribution in [2.75, 3.05) is 0 Å². The SMILES string of the molecule is C=Cc1cccc(C23C=CC=CC2O3)c1C=C. The summed E-state index contributed by atoms with van der Waals surface area (Å²) in [5, 5.41) is 0. The molecule has 1 heterocycles. The van der Waals surface area contributed by atoms with Gasteiger partial charge in [0.1, 0.15) is 11.7 Å². The van der Waals surface area contributed by atoms with Crippen LogP contribution in [-0.2, 0) is 10.3 Å². The van der Waals surface area contributed by atoms with Crippen molar-refractivity contribution in [3.05, 3.63) is 72.4 Å². The van der Waals surface area contributed by atoms with Crippen molar-refractivity contribution in [1.29, 1.82) is 0 Å². The van der Waals surface area contributed by atoms with E-state index < -0.39 is 0 Å². The molecule has 0 saturated carbocycles. The van der Waals surface area contributed by atoms with Gasteiger partial charge in [0.25, 0.3) is 0 Å². The van der Waals surface area contributed by atoms with Crippen LogP contribution in [-0.4, -0.2) is 6.10 Å². The van der Waals surface area contributed by atoms with Crippen molar-refractivity contribution in [3.63, 3.8) is 0 Å². The Balaban J connectivity index is 2.16. The summed E-state index contributed by atoms with van der Waals surface area (Å²) in [6.45, 7) is 7.74. The van der Waals surface area contributed by atoms with Crippen molar-refractivity contribution in [3.8, 4) is 0 Å². The first-order valence-electron chi connectivity index (χ1n) is 5.74. The Hall–Kier alpha value is -1.86. The molecule has 0 aromatic heterocycles. The highest BCUT2D eigenvalue weighted by Gasteiger charge is 2.55. The number of hydrogen-bond acceptors (Lipinski definition) is 1. The maximum absolute atomic E-state index is 5.84. The van der Waals surface area contributed by atoms with E-state index >= 15 is 0 Å². The first-order valence-corrected chi connectivity index (χ1v) is 5.74. The zero-order valence-electron chi connectivity index (χ0n) is 9.60. The van der Waals surface area contributed by atoms with E-state index in [9.17, 15) is 0 Å². The third-order valence-electron chi connectivity index (χ3n) is 3.41. The number of benzene rings is 1. The summed E-state index contributed by atoms with van der Waals surface area (Å²) in [6.07, 6.45) is 12.2. The number of rotatable bonds is 3. The molecule has 2 aliphatic rings. The number of allylic oxidation sites excluding steroid dienone is 2. The molecule has 1 aromatic carbocycles. The van der Waals surface area contributed by atoms with Gasteiger partial charge in [-0.15, -0.1) is 0 Å². The van der Waals surface area contributed by atoms with E-state index in [-0.39, 0.29) is 11.7 Å². The first kappa shape index (κ1) is 10.3. The molecule has 84 valence electrons. The van der Waals surface area contributed by atoms with Crippen LogP contribution >= 0.6 is 0 Å². The molecule has 0 amide bonds. The summed E-state index contributed by atoms with van der Waals surface area (Å²) >= 11 is 0. The Morgan fingerprint density at radius 1 is 1.18 bits per heavy atom. The molecule has 1 nitrogen and oxygen atoms in total. The minimum absolute atomic E-state index is 0.172. The lowest BCUT2D eigenvalue weighted by molar-refractivity contribution is 0.346. The van der Waals surface area contributed by atoms with Gasteiger partial charge in [-0.2, -0.15) is 0 Å². The van der Waals surface area contributed by atoms with Crippen molar-refractivity contribution in [2.45, 2.75) is 11.7 Å². The molecule has 1 heteroatoms. The van der Waals surface area contributed by atoms with Gasteiger partial charge in [0.15, 0.2) is 0 Å². The van der Waals surface area contributed by atoms with Crippen molar-refractivity contribution in [2.24, 2.45) is 0 Å². The van der Waals surface area contributed by atoms with Crippen LogP contribution in [0.5, 0.6) is 0 Å². The van der Waals surface area contributed by atoms with E-state index in [0.717, 1.165) is 11.1 Å². The van der Waals surface area contributed by atoms with Gasteiger partial charge in [-0.1, -0.05) is 61.7 Å². The molecular weight excluding hydrogens is 208 g/mol. The minimum atomic E-state index is -0.267. The van der Waals surface area contributed by atoms with Gasteiger partial charge < -0.3 is 4.74 Å². The average Bonchev–Trinajstić information content (AvgIpc) is 3.13. The standard InChI is InChI=1S/C16H14O/c1-3-12-8-7-9-14(13(12)4-2)16-11-6-5-10-15(16)17-16/h3-11,15H,1-2H2. The monoisotopic (exact) mass is 222 g/mol. The molecule has 0 bridgehead atoms. The number of ether oxygens (including phenoxy) is 1. The van der Waals surface area contributed by atoms with Gasteiger partial charge >= 0.3 is 0 Å². The molecule has 1 fully saturated rings. The summed E-state index contributed by atoms with van der Waals surface area (Å²) in [5.41, 5.74) is 3.13. The normalized spacial score (nSPS) is 28.6. The molecule has 3 rings (SSSR count). The highest BCUT2D eigenvalue weighted by molar-refractivity contribution is 5.69. The molecule has 0 spiro atoms. The van der Waals surface area contributed by atoms with Crippen LogP contribution in [0.1, 0.15) is 16.7 Å². The summed E-state index contributed by atoms with van der Waals surface area (Å²) in [4.78, 5) is 0. The van der Waals surface area contributed by atoms with Crippen LogP contribution < -0.4 is 0 Å². The molecule has 1 saturated heterocycles. The second kappa shape index (κ2) is 3.57. The van der Waals surface area contributed by atoms with E-state index in [1.54, 1.807) is 0 Å². The van der Waals surface area contributed by atoms with Crippen LogP contribution in [0.25, 0.3) is 12.2 Å². The topological polar surface area (TPSA) is 12.5 Å². The van der Waals surface area contributed by atoms with E-state index in [0.29, 0.717) is 0 Å². The fourth-order valence-corrected chi connectivity index (χ4v) is 2.49. The lowest BCUT2D eigenvalue weighted by atomic mass is 9.86. The molecule has 0 radical (unpaired) electrons. The second-order valence-corrected chi connectivity index (χ2v) is 4.29. The van der Waals surface area contributed by atoms with Crippen LogP contribution in [0.15, 0.2) is 55.7 Å². The van der Waals surface area contributed by atoms with Gasteiger partial charge in [-0.05, 0) is 22.8 Å². The molecule has 1 aromatic rings. The first-order chi connectivity index (χ1) is 8.31.